The maximum absolute atomic E-state index is 5.32. The zero-order chi connectivity index (χ0) is 7.28. The van der Waals surface area contributed by atoms with Gasteiger partial charge in [-0.1, -0.05) is 6.58 Å². The Balaban J connectivity index is 3.74. The van der Waals surface area contributed by atoms with Gasteiger partial charge in [0.25, 0.3) is 0 Å². The molecular weight excluding hydrogens is 112 g/mol. The summed E-state index contributed by atoms with van der Waals surface area (Å²) in [6, 6.07) is 0. The lowest BCUT2D eigenvalue weighted by atomic mass is 10.5. The van der Waals surface area contributed by atoms with E-state index in [0.717, 1.165) is 11.4 Å². The summed E-state index contributed by atoms with van der Waals surface area (Å²) in [6.45, 7) is 7.22. The molecule has 0 aliphatic carbocycles. The molecule has 0 bridgehead atoms. The minimum absolute atomic E-state index is 0.750. The second kappa shape index (κ2) is 3.89. The first-order chi connectivity index (χ1) is 4.13. The molecule has 0 atom stereocenters. The topological polar surface area (TPSA) is 38.4 Å². The number of rotatable bonds is 2. The molecule has 0 aromatic carbocycles. The Labute approximate surface area is 55.8 Å². The fraction of sp³-hybridized carbons (Fsp3) is 0.286. The standard InChI is InChI=1S/C7H12N2/c1-6(2)9-5-4-7(3)8/h4-5H,1,8H2,2-3H3/b7-4-,9-5?. The van der Waals surface area contributed by atoms with E-state index in [4.69, 9.17) is 5.73 Å². The zero-order valence-electron chi connectivity index (χ0n) is 5.89. The molecule has 0 heterocycles. The Morgan fingerprint density at radius 1 is 1.56 bits per heavy atom. The number of allylic oxidation sites excluding steroid dienone is 3. The van der Waals surface area contributed by atoms with E-state index >= 15 is 0 Å². The minimum atomic E-state index is 0.750. The van der Waals surface area contributed by atoms with Crippen molar-refractivity contribution in [1.29, 1.82) is 0 Å². The summed E-state index contributed by atoms with van der Waals surface area (Å²) in [6.07, 6.45) is 3.37. The number of nitrogens with zero attached hydrogens (tertiary/aromatic N) is 1. The lowest BCUT2D eigenvalue weighted by molar-refractivity contribution is 1.31. The van der Waals surface area contributed by atoms with Crippen LogP contribution >= 0.6 is 0 Å². The summed E-state index contributed by atoms with van der Waals surface area (Å²) in [7, 11) is 0. The highest BCUT2D eigenvalue weighted by Gasteiger charge is 1.72. The van der Waals surface area contributed by atoms with Crippen molar-refractivity contribution in [2.45, 2.75) is 13.8 Å². The average molecular weight is 124 g/mol. The van der Waals surface area contributed by atoms with E-state index in [2.05, 4.69) is 11.6 Å². The average Bonchev–Trinajstić information content (AvgIpc) is 1.63. The van der Waals surface area contributed by atoms with Crippen LogP contribution in [-0.4, -0.2) is 6.21 Å². The highest BCUT2D eigenvalue weighted by atomic mass is 14.7. The molecule has 50 valence electrons. The second-order valence-electron chi connectivity index (χ2n) is 1.92. The molecule has 9 heavy (non-hydrogen) atoms. The Morgan fingerprint density at radius 2 is 2.11 bits per heavy atom. The fourth-order valence-electron chi connectivity index (χ4n) is 0.282. The molecule has 0 aliphatic heterocycles. The van der Waals surface area contributed by atoms with Gasteiger partial charge in [-0.3, -0.25) is 4.99 Å². The van der Waals surface area contributed by atoms with Gasteiger partial charge in [-0.05, 0) is 19.9 Å². The molecule has 0 saturated heterocycles. The molecular formula is C7H12N2. The van der Waals surface area contributed by atoms with Crippen molar-refractivity contribution in [3.63, 3.8) is 0 Å². The van der Waals surface area contributed by atoms with Gasteiger partial charge in [0, 0.05) is 17.6 Å². The van der Waals surface area contributed by atoms with Gasteiger partial charge in [-0.2, -0.15) is 0 Å². The van der Waals surface area contributed by atoms with E-state index < -0.39 is 0 Å². The smallest absolute Gasteiger partial charge is 0.0300 e. The van der Waals surface area contributed by atoms with Crippen LogP contribution in [0.2, 0.25) is 0 Å². The molecule has 0 radical (unpaired) electrons. The molecule has 2 nitrogen and oxygen atoms in total. The molecule has 0 spiro atoms. The Hall–Kier alpha value is -1.05. The van der Waals surface area contributed by atoms with E-state index in [-0.39, 0.29) is 0 Å². The third kappa shape index (κ3) is 6.95. The summed E-state index contributed by atoms with van der Waals surface area (Å²) in [5.74, 6) is 0. The lowest BCUT2D eigenvalue weighted by Crippen LogP contribution is -1.89. The van der Waals surface area contributed by atoms with Crippen LogP contribution in [0.3, 0.4) is 0 Å². The van der Waals surface area contributed by atoms with Crippen LogP contribution in [0.4, 0.5) is 0 Å². The first kappa shape index (κ1) is 7.95. The van der Waals surface area contributed by atoms with E-state index in [0.29, 0.717) is 0 Å². The van der Waals surface area contributed by atoms with Gasteiger partial charge in [0.05, 0.1) is 0 Å². The second-order valence-corrected chi connectivity index (χ2v) is 1.92. The molecule has 0 saturated carbocycles. The van der Waals surface area contributed by atoms with Crippen molar-refractivity contribution in [1.82, 2.24) is 0 Å². The van der Waals surface area contributed by atoms with Gasteiger partial charge in [0.1, 0.15) is 0 Å². The highest BCUT2D eigenvalue weighted by molar-refractivity contribution is 5.72. The van der Waals surface area contributed by atoms with E-state index in [1.165, 1.54) is 0 Å². The number of aliphatic imine (C=N–C) groups is 1. The van der Waals surface area contributed by atoms with Crippen molar-refractivity contribution in [2.24, 2.45) is 10.7 Å². The summed E-state index contributed by atoms with van der Waals surface area (Å²) >= 11 is 0. The van der Waals surface area contributed by atoms with Crippen LogP contribution < -0.4 is 5.73 Å². The molecule has 0 amide bonds. The van der Waals surface area contributed by atoms with E-state index in [1.54, 1.807) is 12.3 Å². The Morgan fingerprint density at radius 3 is 2.44 bits per heavy atom. The molecule has 2 heteroatoms. The van der Waals surface area contributed by atoms with Gasteiger partial charge in [0.2, 0.25) is 0 Å². The van der Waals surface area contributed by atoms with E-state index in [9.17, 15) is 0 Å². The van der Waals surface area contributed by atoms with Crippen molar-refractivity contribution in [2.75, 3.05) is 0 Å². The SMILES string of the molecule is C=C(C)N=C/C=C(/C)N. The largest absolute Gasteiger partial charge is 0.402 e. The normalized spacial score (nSPS) is 12.4. The van der Waals surface area contributed by atoms with Crippen LogP contribution in [-0.2, 0) is 0 Å². The van der Waals surface area contributed by atoms with Gasteiger partial charge >= 0.3 is 0 Å². The van der Waals surface area contributed by atoms with Crippen molar-refractivity contribution in [3.05, 3.63) is 24.0 Å². The summed E-state index contributed by atoms with van der Waals surface area (Å²) in [4.78, 5) is 3.89. The predicted octanol–water partition coefficient (Wildman–Crippen LogP) is 1.45. The fourth-order valence-corrected chi connectivity index (χ4v) is 0.282. The van der Waals surface area contributed by atoms with Crippen LogP contribution in [0.5, 0.6) is 0 Å². The van der Waals surface area contributed by atoms with Crippen LogP contribution in [0.1, 0.15) is 13.8 Å². The Kier molecular flexibility index (Phi) is 3.44. The molecule has 0 aromatic rings. The van der Waals surface area contributed by atoms with Crippen molar-refractivity contribution in [3.8, 4) is 0 Å². The monoisotopic (exact) mass is 124 g/mol. The summed E-state index contributed by atoms with van der Waals surface area (Å²) in [5, 5.41) is 0. The van der Waals surface area contributed by atoms with Crippen molar-refractivity contribution >= 4 is 6.21 Å². The van der Waals surface area contributed by atoms with E-state index in [1.807, 2.05) is 13.8 Å². The molecule has 0 aromatic heterocycles. The molecule has 0 rings (SSSR count). The highest BCUT2D eigenvalue weighted by Crippen LogP contribution is 1.85. The molecule has 0 unspecified atom stereocenters. The number of hydrogen-bond acceptors (Lipinski definition) is 2. The third-order valence-electron chi connectivity index (χ3n) is 0.632. The van der Waals surface area contributed by atoms with Crippen LogP contribution in [0, 0.1) is 0 Å². The number of hydrogen-bond donors (Lipinski definition) is 1. The van der Waals surface area contributed by atoms with Gasteiger partial charge in [-0.25, -0.2) is 0 Å². The molecule has 2 N–H and O–H groups in total. The first-order valence-electron chi connectivity index (χ1n) is 2.75. The lowest BCUT2D eigenvalue weighted by Gasteiger charge is -1.83. The quantitative estimate of drug-likeness (QED) is 0.556. The maximum Gasteiger partial charge on any atom is 0.0300 e. The van der Waals surface area contributed by atoms with Gasteiger partial charge < -0.3 is 5.73 Å². The predicted molar refractivity (Wildman–Crippen MR) is 41.3 cm³/mol. The zero-order valence-corrected chi connectivity index (χ0v) is 5.89. The van der Waals surface area contributed by atoms with Crippen molar-refractivity contribution < 1.29 is 0 Å². The molecule has 0 fully saturated rings. The summed E-state index contributed by atoms with van der Waals surface area (Å²) < 4.78 is 0. The Bertz CT molecular complexity index is 150. The summed E-state index contributed by atoms with van der Waals surface area (Å²) in [5.41, 5.74) is 6.85. The van der Waals surface area contributed by atoms with Gasteiger partial charge in [0.15, 0.2) is 0 Å². The van der Waals surface area contributed by atoms with Crippen LogP contribution in [0.25, 0.3) is 0 Å². The first-order valence-corrected chi connectivity index (χ1v) is 2.75. The molecule has 0 aliphatic rings. The third-order valence-corrected chi connectivity index (χ3v) is 0.632. The minimum Gasteiger partial charge on any atom is -0.402 e. The van der Waals surface area contributed by atoms with Gasteiger partial charge in [-0.15, -0.1) is 0 Å². The number of nitrogens with two attached hydrogens (primary N) is 1. The van der Waals surface area contributed by atoms with Crippen LogP contribution in [0.15, 0.2) is 29.0 Å². The maximum atomic E-state index is 5.32.